The number of aliphatic hydroxyl groups excluding tert-OH is 1. The van der Waals surface area contributed by atoms with Crippen molar-refractivity contribution in [1.29, 1.82) is 0 Å². The molecule has 1 aliphatic rings. The monoisotopic (exact) mass is 280 g/mol. The molecule has 1 aromatic heterocycles. The topological polar surface area (TPSA) is 80.0 Å². The van der Waals surface area contributed by atoms with Crippen LogP contribution < -0.4 is 5.32 Å². The fourth-order valence-corrected chi connectivity index (χ4v) is 2.60. The van der Waals surface area contributed by atoms with E-state index in [1.807, 2.05) is 6.92 Å². The lowest BCUT2D eigenvalue weighted by molar-refractivity contribution is -0.121. The summed E-state index contributed by atoms with van der Waals surface area (Å²) in [5.74, 6) is 1.91. The van der Waals surface area contributed by atoms with E-state index in [2.05, 4.69) is 20.1 Å². The van der Waals surface area contributed by atoms with Crippen molar-refractivity contribution in [2.75, 3.05) is 6.61 Å². The van der Waals surface area contributed by atoms with Gasteiger partial charge in [-0.25, -0.2) is 0 Å². The Kier molecular flexibility index (Phi) is 5.52. The van der Waals surface area contributed by atoms with E-state index in [4.69, 9.17) is 5.11 Å². The average molecular weight is 280 g/mol. The summed E-state index contributed by atoms with van der Waals surface area (Å²) >= 11 is 0. The van der Waals surface area contributed by atoms with Gasteiger partial charge in [-0.2, -0.15) is 0 Å². The van der Waals surface area contributed by atoms with E-state index in [0.717, 1.165) is 31.0 Å². The minimum atomic E-state index is -0.115. The number of nitrogens with one attached hydrogen (secondary N) is 1. The number of rotatable bonds is 6. The number of hydrogen-bond donors (Lipinski definition) is 2. The molecule has 0 aliphatic carbocycles. The van der Waals surface area contributed by atoms with Crippen LogP contribution in [0.2, 0.25) is 0 Å². The third-order valence-electron chi connectivity index (χ3n) is 3.71. The third-order valence-corrected chi connectivity index (χ3v) is 3.71. The van der Waals surface area contributed by atoms with Gasteiger partial charge in [0, 0.05) is 26.0 Å². The maximum atomic E-state index is 11.8. The second-order valence-electron chi connectivity index (χ2n) is 5.41. The highest BCUT2D eigenvalue weighted by Gasteiger charge is 2.20. The van der Waals surface area contributed by atoms with Gasteiger partial charge in [0.2, 0.25) is 5.91 Å². The van der Waals surface area contributed by atoms with Gasteiger partial charge < -0.3 is 15.0 Å². The van der Waals surface area contributed by atoms with Crippen LogP contribution in [0.25, 0.3) is 0 Å². The van der Waals surface area contributed by atoms with E-state index in [-0.39, 0.29) is 18.6 Å². The molecule has 1 amide bonds. The molecule has 112 valence electrons. The number of unbranched alkanes of at least 4 members (excludes halogenated alkanes) is 1. The smallest absolute Gasteiger partial charge is 0.220 e. The molecule has 20 heavy (non-hydrogen) atoms. The average Bonchev–Trinajstić information content (AvgIpc) is 2.68. The number of carbonyl (C=O) groups excluding carboxylic acids is 1. The standard InChI is InChI=1S/C14H24N4O2/c1-11(15-13(20)8-4-6-10-19)14-17-16-12-7-3-2-5-9-18(12)14/h11,19H,2-10H2,1H3,(H,15,20). The number of hydrogen-bond acceptors (Lipinski definition) is 4. The van der Waals surface area contributed by atoms with Gasteiger partial charge in [-0.1, -0.05) is 6.42 Å². The second-order valence-corrected chi connectivity index (χ2v) is 5.41. The molecule has 0 bridgehead atoms. The zero-order chi connectivity index (χ0) is 14.4. The molecule has 0 saturated heterocycles. The maximum absolute atomic E-state index is 11.8. The summed E-state index contributed by atoms with van der Waals surface area (Å²) in [6.07, 6.45) is 6.35. The minimum Gasteiger partial charge on any atom is -0.396 e. The number of carbonyl (C=O) groups is 1. The van der Waals surface area contributed by atoms with Crippen LogP contribution in [-0.4, -0.2) is 32.4 Å². The molecule has 0 fully saturated rings. The summed E-state index contributed by atoms with van der Waals surface area (Å²) in [4.78, 5) is 11.8. The summed E-state index contributed by atoms with van der Waals surface area (Å²) < 4.78 is 2.16. The van der Waals surface area contributed by atoms with Crippen molar-refractivity contribution >= 4 is 5.91 Å². The summed E-state index contributed by atoms with van der Waals surface area (Å²) in [5.41, 5.74) is 0. The molecule has 2 rings (SSSR count). The third kappa shape index (κ3) is 3.79. The van der Waals surface area contributed by atoms with E-state index < -0.39 is 0 Å². The summed E-state index contributed by atoms with van der Waals surface area (Å²) in [6, 6.07) is -0.115. The van der Waals surface area contributed by atoms with Crippen molar-refractivity contribution in [2.24, 2.45) is 0 Å². The van der Waals surface area contributed by atoms with Crippen molar-refractivity contribution < 1.29 is 9.90 Å². The second kappa shape index (κ2) is 7.38. The Morgan fingerprint density at radius 1 is 1.35 bits per heavy atom. The lowest BCUT2D eigenvalue weighted by Gasteiger charge is -2.15. The first kappa shape index (κ1) is 15.0. The molecule has 1 unspecified atom stereocenters. The van der Waals surface area contributed by atoms with Gasteiger partial charge >= 0.3 is 0 Å². The van der Waals surface area contributed by atoms with Crippen molar-refractivity contribution in [3.05, 3.63) is 11.6 Å². The lowest BCUT2D eigenvalue weighted by Crippen LogP contribution is -2.28. The molecule has 1 atom stereocenters. The lowest BCUT2D eigenvalue weighted by atomic mass is 10.2. The number of nitrogens with zero attached hydrogens (tertiary/aromatic N) is 3. The van der Waals surface area contributed by atoms with Crippen molar-refractivity contribution in [2.45, 2.75) is 64.5 Å². The van der Waals surface area contributed by atoms with E-state index in [1.165, 1.54) is 12.8 Å². The molecule has 6 nitrogen and oxygen atoms in total. The maximum Gasteiger partial charge on any atom is 0.220 e. The van der Waals surface area contributed by atoms with Crippen molar-refractivity contribution in [3.63, 3.8) is 0 Å². The molecule has 0 aromatic carbocycles. The highest BCUT2D eigenvalue weighted by molar-refractivity contribution is 5.76. The van der Waals surface area contributed by atoms with Crippen molar-refractivity contribution in [3.8, 4) is 0 Å². The fraction of sp³-hybridized carbons (Fsp3) is 0.786. The van der Waals surface area contributed by atoms with E-state index in [1.54, 1.807) is 0 Å². The normalized spacial score (nSPS) is 16.3. The summed E-state index contributed by atoms with van der Waals surface area (Å²) in [6.45, 7) is 3.04. The van der Waals surface area contributed by atoms with Gasteiger partial charge in [0.1, 0.15) is 5.82 Å². The van der Waals surface area contributed by atoms with E-state index in [0.29, 0.717) is 19.3 Å². The van der Waals surface area contributed by atoms with Crippen LogP contribution in [0.4, 0.5) is 0 Å². The zero-order valence-electron chi connectivity index (χ0n) is 12.1. The number of amides is 1. The molecule has 1 aliphatic heterocycles. The minimum absolute atomic E-state index is 0.0110. The van der Waals surface area contributed by atoms with Gasteiger partial charge in [0.15, 0.2) is 5.82 Å². The molecule has 2 N–H and O–H groups in total. The number of fused-ring (bicyclic) bond motifs is 1. The quantitative estimate of drug-likeness (QED) is 0.771. The van der Waals surface area contributed by atoms with Gasteiger partial charge in [-0.3, -0.25) is 4.79 Å². The molecule has 2 heterocycles. The molecular formula is C14H24N4O2. The highest BCUT2D eigenvalue weighted by Crippen LogP contribution is 2.18. The number of aryl methyl sites for hydroxylation is 1. The molecule has 0 spiro atoms. The Bertz CT molecular complexity index is 444. The first-order chi connectivity index (χ1) is 9.72. The zero-order valence-corrected chi connectivity index (χ0v) is 12.1. The predicted octanol–water partition coefficient (Wildman–Crippen LogP) is 1.34. The molecule has 0 saturated carbocycles. The fourth-order valence-electron chi connectivity index (χ4n) is 2.60. The van der Waals surface area contributed by atoms with Gasteiger partial charge in [-0.05, 0) is 32.6 Å². The van der Waals surface area contributed by atoms with Crippen LogP contribution >= 0.6 is 0 Å². The highest BCUT2D eigenvalue weighted by atomic mass is 16.3. The molecule has 0 radical (unpaired) electrons. The van der Waals surface area contributed by atoms with E-state index >= 15 is 0 Å². The van der Waals surface area contributed by atoms with E-state index in [9.17, 15) is 4.79 Å². The largest absolute Gasteiger partial charge is 0.396 e. The predicted molar refractivity (Wildman–Crippen MR) is 75.1 cm³/mol. The Morgan fingerprint density at radius 3 is 3.00 bits per heavy atom. The van der Waals surface area contributed by atoms with Gasteiger partial charge in [0.25, 0.3) is 0 Å². The molecular weight excluding hydrogens is 256 g/mol. The van der Waals surface area contributed by atoms with Crippen LogP contribution in [0.1, 0.15) is 63.1 Å². The van der Waals surface area contributed by atoms with Gasteiger partial charge in [-0.15, -0.1) is 10.2 Å². The molecule has 1 aromatic rings. The Labute approximate surface area is 119 Å². The first-order valence-corrected chi connectivity index (χ1v) is 7.54. The molecule has 6 heteroatoms. The van der Waals surface area contributed by atoms with Gasteiger partial charge in [0.05, 0.1) is 6.04 Å². The van der Waals surface area contributed by atoms with Crippen LogP contribution in [0.5, 0.6) is 0 Å². The van der Waals surface area contributed by atoms with Crippen LogP contribution in [0.15, 0.2) is 0 Å². The van der Waals surface area contributed by atoms with Crippen LogP contribution in [-0.2, 0) is 17.8 Å². The SMILES string of the molecule is CC(NC(=O)CCCCO)c1nnc2n1CCCCC2. The summed E-state index contributed by atoms with van der Waals surface area (Å²) in [7, 11) is 0. The number of aromatic nitrogens is 3. The van der Waals surface area contributed by atoms with Crippen molar-refractivity contribution in [1.82, 2.24) is 20.1 Å². The van der Waals surface area contributed by atoms with Crippen LogP contribution in [0.3, 0.4) is 0 Å². The summed E-state index contributed by atoms with van der Waals surface area (Å²) in [5, 5.41) is 20.2. The number of aliphatic hydroxyl groups is 1. The first-order valence-electron chi connectivity index (χ1n) is 7.54. The van der Waals surface area contributed by atoms with Crippen LogP contribution in [0, 0.1) is 0 Å². The Balaban J connectivity index is 1.94. The Hall–Kier alpha value is -1.43. The Morgan fingerprint density at radius 2 is 2.20 bits per heavy atom.